The number of amides is 1. The molecule has 0 atom stereocenters. The summed E-state index contributed by atoms with van der Waals surface area (Å²) in [5.74, 6) is 0.103. The Bertz CT molecular complexity index is 853. The van der Waals surface area contributed by atoms with E-state index in [9.17, 15) is 4.79 Å². The molecule has 0 aliphatic heterocycles. The first-order chi connectivity index (χ1) is 12.1. The van der Waals surface area contributed by atoms with Gasteiger partial charge in [-0.3, -0.25) is 4.79 Å². The Morgan fingerprint density at radius 1 is 1.04 bits per heavy atom. The number of likely N-dealkylation sites (N-methyl/N-ethyl adjacent to an activating group) is 1. The SMILES string of the molecule is CCN(C(=O)Cc1sc(C)nc1-c1ccc(C)cc1)c1ccccc1. The molecule has 128 valence electrons. The van der Waals surface area contributed by atoms with Gasteiger partial charge in [0.05, 0.1) is 17.1 Å². The van der Waals surface area contributed by atoms with Crippen molar-refractivity contribution < 1.29 is 4.79 Å². The maximum atomic E-state index is 12.9. The van der Waals surface area contributed by atoms with Gasteiger partial charge >= 0.3 is 0 Å². The zero-order valence-corrected chi connectivity index (χ0v) is 15.6. The molecule has 25 heavy (non-hydrogen) atoms. The monoisotopic (exact) mass is 350 g/mol. The minimum Gasteiger partial charge on any atom is -0.312 e. The van der Waals surface area contributed by atoms with Gasteiger partial charge in [0.15, 0.2) is 0 Å². The first-order valence-corrected chi connectivity index (χ1v) is 9.29. The van der Waals surface area contributed by atoms with Gasteiger partial charge in [-0.05, 0) is 32.9 Å². The number of nitrogens with zero attached hydrogens (tertiary/aromatic N) is 2. The fourth-order valence-corrected chi connectivity index (χ4v) is 3.82. The number of hydrogen-bond donors (Lipinski definition) is 0. The van der Waals surface area contributed by atoms with E-state index in [0.717, 1.165) is 26.8 Å². The molecule has 0 radical (unpaired) electrons. The lowest BCUT2D eigenvalue weighted by atomic mass is 10.1. The standard InChI is InChI=1S/C21H22N2OS/c1-4-23(18-8-6-5-7-9-18)20(24)14-19-21(22-16(3)25-19)17-12-10-15(2)11-13-17/h5-13H,4,14H2,1-3H3. The Kier molecular flexibility index (Phi) is 5.29. The maximum Gasteiger partial charge on any atom is 0.232 e. The largest absolute Gasteiger partial charge is 0.312 e. The quantitative estimate of drug-likeness (QED) is 0.647. The first kappa shape index (κ1) is 17.4. The summed E-state index contributed by atoms with van der Waals surface area (Å²) in [6.45, 7) is 6.72. The second-order valence-electron chi connectivity index (χ2n) is 6.02. The maximum absolute atomic E-state index is 12.9. The number of carbonyl (C=O) groups excluding carboxylic acids is 1. The van der Waals surface area contributed by atoms with Gasteiger partial charge in [-0.1, -0.05) is 48.0 Å². The van der Waals surface area contributed by atoms with E-state index in [2.05, 4.69) is 36.2 Å². The molecule has 0 saturated carbocycles. The van der Waals surface area contributed by atoms with Gasteiger partial charge < -0.3 is 4.90 Å². The van der Waals surface area contributed by atoms with Crippen LogP contribution < -0.4 is 4.90 Å². The summed E-state index contributed by atoms with van der Waals surface area (Å²) >= 11 is 1.61. The second kappa shape index (κ2) is 7.62. The van der Waals surface area contributed by atoms with Gasteiger partial charge in [-0.15, -0.1) is 11.3 Å². The number of thiazole rings is 1. The van der Waals surface area contributed by atoms with Crippen molar-refractivity contribution >= 4 is 22.9 Å². The molecule has 0 unspecified atom stereocenters. The van der Waals surface area contributed by atoms with Crippen LogP contribution in [0.1, 0.15) is 22.4 Å². The molecule has 0 saturated heterocycles. The molecule has 3 aromatic rings. The summed E-state index contributed by atoms with van der Waals surface area (Å²) in [7, 11) is 0. The highest BCUT2D eigenvalue weighted by Gasteiger charge is 2.19. The fourth-order valence-electron chi connectivity index (χ4n) is 2.87. The summed E-state index contributed by atoms with van der Waals surface area (Å²) in [6.07, 6.45) is 0.372. The van der Waals surface area contributed by atoms with E-state index in [1.807, 2.05) is 49.1 Å². The van der Waals surface area contributed by atoms with Crippen molar-refractivity contribution in [3.8, 4) is 11.3 Å². The van der Waals surface area contributed by atoms with Gasteiger partial charge in [0, 0.05) is 22.7 Å². The highest BCUT2D eigenvalue weighted by Crippen LogP contribution is 2.29. The van der Waals surface area contributed by atoms with Crippen LogP contribution in [0.2, 0.25) is 0 Å². The van der Waals surface area contributed by atoms with E-state index in [1.165, 1.54) is 5.56 Å². The van der Waals surface area contributed by atoms with Crippen molar-refractivity contribution in [2.45, 2.75) is 27.2 Å². The fraction of sp³-hybridized carbons (Fsp3) is 0.238. The third-order valence-corrected chi connectivity index (χ3v) is 5.10. The lowest BCUT2D eigenvalue weighted by Gasteiger charge is -2.21. The molecule has 3 rings (SSSR count). The van der Waals surface area contributed by atoms with Crippen molar-refractivity contribution in [1.82, 2.24) is 4.98 Å². The number of carbonyl (C=O) groups is 1. The number of rotatable bonds is 5. The van der Waals surface area contributed by atoms with Gasteiger partial charge in [-0.25, -0.2) is 4.98 Å². The Balaban J connectivity index is 1.87. The zero-order chi connectivity index (χ0) is 17.8. The number of benzene rings is 2. The van der Waals surface area contributed by atoms with Crippen LogP contribution in [0.3, 0.4) is 0 Å². The van der Waals surface area contributed by atoms with Crippen LogP contribution in [-0.2, 0) is 11.2 Å². The van der Waals surface area contributed by atoms with Crippen LogP contribution >= 0.6 is 11.3 Å². The summed E-state index contributed by atoms with van der Waals surface area (Å²) in [5, 5.41) is 0.987. The molecule has 1 aromatic heterocycles. The highest BCUT2D eigenvalue weighted by molar-refractivity contribution is 7.12. The average molecular weight is 350 g/mol. The van der Waals surface area contributed by atoms with Crippen molar-refractivity contribution in [2.75, 3.05) is 11.4 Å². The van der Waals surface area contributed by atoms with E-state index in [-0.39, 0.29) is 5.91 Å². The number of aryl methyl sites for hydroxylation is 2. The van der Waals surface area contributed by atoms with E-state index in [0.29, 0.717) is 13.0 Å². The van der Waals surface area contributed by atoms with Crippen molar-refractivity contribution in [3.05, 3.63) is 70.0 Å². The number of aromatic nitrogens is 1. The van der Waals surface area contributed by atoms with Crippen LogP contribution in [0.5, 0.6) is 0 Å². The molecule has 4 heteroatoms. The predicted octanol–water partition coefficient (Wildman–Crippen LogP) is 5.02. The molecule has 0 aliphatic rings. The number of anilines is 1. The van der Waals surface area contributed by atoms with E-state index < -0.39 is 0 Å². The molecule has 0 spiro atoms. The van der Waals surface area contributed by atoms with Gasteiger partial charge in [0.25, 0.3) is 0 Å². The molecule has 0 aliphatic carbocycles. The van der Waals surface area contributed by atoms with Gasteiger partial charge in [0.2, 0.25) is 5.91 Å². The van der Waals surface area contributed by atoms with Crippen LogP contribution in [0, 0.1) is 13.8 Å². The molecule has 1 heterocycles. The van der Waals surface area contributed by atoms with Crippen LogP contribution in [0.15, 0.2) is 54.6 Å². The summed E-state index contributed by atoms with van der Waals surface area (Å²) < 4.78 is 0. The first-order valence-electron chi connectivity index (χ1n) is 8.47. The zero-order valence-electron chi connectivity index (χ0n) is 14.8. The van der Waals surface area contributed by atoms with Crippen LogP contribution in [0.4, 0.5) is 5.69 Å². The van der Waals surface area contributed by atoms with Gasteiger partial charge in [0.1, 0.15) is 0 Å². The topological polar surface area (TPSA) is 33.2 Å². The molecular formula is C21H22N2OS. The predicted molar refractivity (Wildman–Crippen MR) is 105 cm³/mol. The smallest absolute Gasteiger partial charge is 0.232 e. The Hall–Kier alpha value is -2.46. The number of hydrogen-bond acceptors (Lipinski definition) is 3. The van der Waals surface area contributed by atoms with Crippen molar-refractivity contribution in [1.29, 1.82) is 0 Å². The summed E-state index contributed by atoms with van der Waals surface area (Å²) in [6, 6.07) is 18.1. The molecule has 1 amide bonds. The third kappa shape index (κ3) is 3.97. The molecule has 0 fully saturated rings. The van der Waals surface area contributed by atoms with Crippen LogP contribution in [-0.4, -0.2) is 17.4 Å². The third-order valence-electron chi connectivity index (χ3n) is 4.13. The molecule has 2 aromatic carbocycles. The Morgan fingerprint density at radius 3 is 2.36 bits per heavy atom. The van der Waals surface area contributed by atoms with Crippen LogP contribution in [0.25, 0.3) is 11.3 Å². The normalized spacial score (nSPS) is 10.7. The highest BCUT2D eigenvalue weighted by atomic mass is 32.1. The average Bonchev–Trinajstić information content (AvgIpc) is 2.97. The minimum atomic E-state index is 0.103. The van der Waals surface area contributed by atoms with Gasteiger partial charge in [-0.2, -0.15) is 0 Å². The molecule has 0 bridgehead atoms. The molecular weight excluding hydrogens is 328 g/mol. The lowest BCUT2D eigenvalue weighted by molar-refractivity contribution is -0.117. The molecule has 0 N–H and O–H groups in total. The Morgan fingerprint density at radius 2 is 1.72 bits per heavy atom. The van der Waals surface area contributed by atoms with E-state index in [4.69, 9.17) is 0 Å². The molecule has 3 nitrogen and oxygen atoms in total. The van der Waals surface area contributed by atoms with E-state index >= 15 is 0 Å². The minimum absolute atomic E-state index is 0.103. The number of para-hydroxylation sites is 1. The second-order valence-corrected chi connectivity index (χ2v) is 7.31. The van der Waals surface area contributed by atoms with Crippen molar-refractivity contribution in [2.24, 2.45) is 0 Å². The summed E-state index contributed by atoms with van der Waals surface area (Å²) in [5.41, 5.74) is 4.16. The lowest BCUT2D eigenvalue weighted by Crippen LogP contribution is -2.31. The Labute approximate surface area is 153 Å². The van der Waals surface area contributed by atoms with E-state index in [1.54, 1.807) is 11.3 Å². The van der Waals surface area contributed by atoms with Crippen molar-refractivity contribution in [3.63, 3.8) is 0 Å². The summed E-state index contributed by atoms with van der Waals surface area (Å²) in [4.78, 5) is 20.4.